The minimum absolute atomic E-state index is 0.205. The van der Waals surface area contributed by atoms with Crippen LogP contribution in [0.25, 0.3) is 0 Å². The van der Waals surface area contributed by atoms with E-state index in [-0.39, 0.29) is 13.1 Å². The second kappa shape index (κ2) is 5.44. The Labute approximate surface area is 102 Å². The Morgan fingerprint density at radius 1 is 1.59 bits per heavy atom. The summed E-state index contributed by atoms with van der Waals surface area (Å²) >= 11 is 3.86. The van der Waals surface area contributed by atoms with E-state index in [1.165, 1.54) is 0 Å². The van der Waals surface area contributed by atoms with Crippen molar-refractivity contribution >= 4 is 18.5 Å². The van der Waals surface area contributed by atoms with Crippen molar-refractivity contribution in [3.63, 3.8) is 0 Å². The lowest BCUT2D eigenvalue weighted by Crippen LogP contribution is -2.27. The summed E-state index contributed by atoms with van der Waals surface area (Å²) in [5, 5.41) is 5.67. The molecule has 0 atom stereocenters. The molecule has 1 N–H and O–H groups in total. The SMILES string of the molecule is CCn1cc(C(=O)NCCS)c(C(F)(F)F)n1. The van der Waals surface area contributed by atoms with Crippen molar-refractivity contribution in [3.8, 4) is 0 Å². The normalized spacial score (nSPS) is 11.6. The number of nitrogens with one attached hydrogen (secondary N) is 1. The van der Waals surface area contributed by atoms with Crippen LogP contribution in [0.5, 0.6) is 0 Å². The molecule has 0 unspecified atom stereocenters. The summed E-state index contributed by atoms with van der Waals surface area (Å²) in [4.78, 5) is 11.5. The van der Waals surface area contributed by atoms with Gasteiger partial charge in [-0.05, 0) is 6.92 Å². The zero-order valence-electron chi connectivity index (χ0n) is 9.08. The molecule has 96 valence electrons. The largest absolute Gasteiger partial charge is 0.435 e. The Balaban J connectivity index is 3.04. The maximum Gasteiger partial charge on any atom is 0.435 e. The number of aryl methyl sites for hydroxylation is 1. The van der Waals surface area contributed by atoms with E-state index in [9.17, 15) is 18.0 Å². The first-order chi connectivity index (χ1) is 7.90. The summed E-state index contributed by atoms with van der Waals surface area (Å²) < 4.78 is 38.9. The van der Waals surface area contributed by atoms with Gasteiger partial charge in [0.2, 0.25) is 0 Å². The summed E-state index contributed by atoms with van der Waals surface area (Å²) in [6, 6.07) is 0. The molecule has 0 radical (unpaired) electrons. The van der Waals surface area contributed by atoms with E-state index in [2.05, 4.69) is 23.0 Å². The van der Waals surface area contributed by atoms with Crippen LogP contribution < -0.4 is 5.32 Å². The van der Waals surface area contributed by atoms with Crippen molar-refractivity contribution in [1.29, 1.82) is 0 Å². The van der Waals surface area contributed by atoms with Crippen LogP contribution in [0.2, 0.25) is 0 Å². The quantitative estimate of drug-likeness (QED) is 0.814. The first kappa shape index (κ1) is 13.9. The zero-order valence-corrected chi connectivity index (χ0v) is 9.98. The molecular weight excluding hydrogens is 255 g/mol. The van der Waals surface area contributed by atoms with Crippen LogP contribution in [0.15, 0.2) is 6.20 Å². The molecule has 1 heterocycles. The fourth-order valence-electron chi connectivity index (χ4n) is 1.22. The number of thiol groups is 1. The van der Waals surface area contributed by atoms with Crippen LogP contribution in [0.4, 0.5) is 13.2 Å². The molecule has 1 amide bonds. The third-order valence-corrected chi connectivity index (χ3v) is 2.22. The fourth-order valence-corrected chi connectivity index (χ4v) is 1.34. The zero-order chi connectivity index (χ0) is 13.1. The van der Waals surface area contributed by atoms with E-state index in [0.717, 1.165) is 10.9 Å². The van der Waals surface area contributed by atoms with Crippen molar-refractivity contribution in [2.24, 2.45) is 0 Å². The summed E-state index contributed by atoms with van der Waals surface area (Å²) in [7, 11) is 0. The highest BCUT2D eigenvalue weighted by atomic mass is 32.1. The lowest BCUT2D eigenvalue weighted by Gasteiger charge is -2.06. The third kappa shape index (κ3) is 3.39. The molecule has 1 aromatic rings. The van der Waals surface area contributed by atoms with E-state index in [0.29, 0.717) is 5.75 Å². The Morgan fingerprint density at radius 2 is 2.24 bits per heavy atom. The first-order valence-corrected chi connectivity index (χ1v) is 5.57. The number of carbonyl (C=O) groups is 1. The maximum absolute atomic E-state index is 12.6. The molecule has 1 rings (SSSR count). The average Bonchev–Trinajstić information content (AvgIpc) is 2.69. The maximum atomic E-state index is 12.6. The van der Waals surface area contributed by atoms with E-state index in [1.54, 1.807) is 6.92 Å². The van der Waals surface area contributed by atoms with E-state index >= 15 is 0 Å². The van der Waals surface area contributed by atoms with Crippen LogP contribution in [0.3, 0.4) is 0 Å². The minimum Gasteiger partial charge on any atom is -0.351 e. The summed E-state index contributed by atoms with van der Waals surface area (Å²) in [6.07, 6.45) is -3.54. The fraction of sp³-hybridized carbons (Fsp3) is 0.556. The number of hydrogen-bond acceptors (Lipinski definition) is 3. The highest BCUT2D eigenvalue weighted by molar-refractivity contribution is 7.80. The highest BCUT2D eigenvalue weighted by Gasteiger charge is 2.39. The van der Waals surface area contributed by atoms with Crippen molar-refractivity contribution in [3.05, 3.63) is 17.5 Å². The molecule has 0 fully saturated rings. The number of aromatic nitrogens is 2. The molecule has 4 nitrogen and oxygen atoms in total. The van der Waals surface area contributed by atoms with Gasteiger partial charge in [0.1, 0.15) is 0 Å². The van der Waals surface area contributed by atoms with Gasteiger partial charge in [0.05, 0.1) is 5.56 Å². The molecule has 0 saturated carbocycles. The molecule has 0 spiro atoms. The van der Waals surface area contributed by atoms with Gasteiger partial charge in [-0.15, -0.1) is 0 Å². The van der Waals surface area contributed by atoms with Crippen LogP contribution in [0, 0.1) is 0 Å². The number of rotatable bonds is 4. The van der Waals surface area contributed by atoms with Crippen molar-refractivity contribution in [2.45, 2.75) is 19.6 Å². The summed E-state index contributed by atoms with van der Waals surface area (Å²) in [5.74, 6) is -0.430. The lowest BCUT2D eigenvalue weighted by atomic mass is 10.2. The molecule has 8 heteroatoms. The molecule has 1 aromatic heterocycles. The monoisotopic (exact) mass is 267 g/mol. The van der Waals surface area contributed by atoms with Gasteiger partial charge in [-0.1, -0.05) is 0 Å². The average molecular weight is 267 g/mol. The van der Waals surface area contributed by atoms with Crippen LogP contribution in [0.1, 0.15) is 23.0 Å². The Hall–Kier alpha value is -1.18. The molecule has 0 saturated heterocycles. The lowest BCUT2D eigenvalue weighted by molar-refractivity contribution is -0.141. The Kier molecular flexibility index (Phi) is 4.44. The van der Waals surface area contributed by atoms with E-state index in [1.807, 2.05) is 0 Å². The van der Waals surface area contributed by atoms with Gasteiger partial charge >= 0.3 is 6.18 Å². The summed E-state index contributed by atoms with van der Waals surface area (Å²) in [5.41, 5.74) is -1.61. The van der Waals surface area contributed by atoms with Gasteiger partial charge in [0.25, 0.3) is 5.91 Å². The van der Waals surface area contributed by atoms with Crippen LogP contribution in [-0.4, -0.2) is 28.0 Å². The van der Waals surface area contributed by atoms with Gasteiger partial charge in [-0.3, -0.25) is 9.48 Å². The van der Waals surface area contributed by atoms with Crippen molar-refractivity contribution < 1.29 is 18.0 Å². The number of nitrogens with zero attached hydrogens (tertiary/aromatic N) is 2. The van der Waals surface area contributed by atoms with Crippen molar-refractivity contribution in [2.75, 3.05) is 12.3 Å². The highest BCUT2D eigenvalue weighted by Crippen LogP contribution is 2.30. The van der Waals surface area contributed by atoms with Gasteiger partial charge in [0.15, 0.2) is 5.69 Å². The molecule has 0 aliphatic carbocycles. The van der Waals surface area contributed by atoms with Crippen molar-refractivity contribution in [1.82, 2.24) is 15.1 Å². The van der Waals surface area contributed by atoms with Crippen LogP contribution >= 0.6 is 12.6 Å². The minimum atomic E-state index is -4.63. The number of hydrogen-bond donors (Lipinski definition) is 2. The van der Waals surface area contributed by atoms with Gasteiger partial charge in [-0.25, -0.2) is 0 Å². The summed E-state index contributed by atoms with van der Waals surface area (Å²) in [6.45, 7) is 2.11. The van der Waals surface area contributed by atoms with Gasteiger partial charge in [-0.2, -0.15) is 30.9 Å². The molecular formula is C9H12F3N3OS. The van der Waals surface area contributed by atoms with Gasteiger partial charge in [0, 0.05) is 25.0 Å². The number of alkyl halides is 3. The number of carbonyl (C=O) groups excluding carboxylic acids is 1. The topological polar surface area (TPSA) is 46.9 Å². The Bertz CT molecular complexity index is 403. The first-order valence-electron chi connectivity index (χ1n) is 4.93. The van der Waals surface area contributed by atoms with E-state index in [4.69, 9.17) is 0 Å². The standard InChI is InChI=1S/C9H12F3N3OS/c1-2-15-5-6(8(16)13-3-4-17)7(14-15)9(10,11)12/h5,17H,2-4H2,1H3,(H,13,16). The Morgan fingerprint density at radius 3 is 2.71 bits per heavy atom. The predicted molar refractivity (Wildman–Crippen MR) is 59.1 cm³/mol. The number of amides is 1. The second-order valence-corrected chi connectivity index (χ2v) is 3.67. The molecule has 17 heavy (non-hydrogen) atoms. The smallest absolute Gasteiger partial charge is 0.351 e. The molecule has 0 aliphatic rings. The van der Waals surface area contributed by atoms with Crippen LogP contribution in [-0.2, 0) is 12.7 Å². The molecule has 0 aromatic carbocycles. The second-order valence-electron chi connectivity index (χ2n) is 3.22. The molecule has 0 aliphatic heterocycles. The predicted octanol–water partition coefficient (Wildman–Crippen LogP) is 1.58. The number of halogens is 3. The van der Waals surface area contributed by atoms with E-state index < -0.39 is 23.3 Å². The molecule has 0 bridgehead atoms. The third-order valence-electron chi connectivity index (χ3n) is 2.00. The van der Waals surface area contributed by atoms with Gasteiger partial charge < -0.3 is 5.32 Å².